The maximum absolute atomic E-state index is 12.2. The lowest BCUT2D eigenvalue weighted by atomic mass is 10.0. The van der Waals surface area contributed by atoms with Crippen molar-refractivity contribution in [3.63, 3.8) is 0 Å². The van der Waals surface area contributed by atoms with Gasteiger partial charge in [-0.05, 0) is 29.7 Å². The molecule has 0 aliphatic rings. The Morgan fingerprint density at radius 2 is 1.62 bits per heavy atom. The van der Waals surface area contributed by atoms with Gasteiger partial charge in [-0.3, -0.25) is 4.79 Å². The van der Waals surface area contributed by atoms with Crippen molar-refractivity contribution in [1.82, 2.24) is 5.32 Å². The molecular weight excluding hydrogens is 334 g/mol. The van der Waals surface area contributed by atoms with Gasteiger partial charge in [0.15, 0.2) is 0 Å². The van der Waals surface area contributed by atoms with Crippen molar-refractivity contribution in [2.45, 2.75) is 25.3 Å². The topological polar surface area (TPSA) is 84.9 Å². The van der Waals surface area contributed by atoms with Crippen LogP contribution in [0.2, 0.25) is 0 Å². The lowest BCUT2D eigenvalue weighted by Crippen LogP contribution is -2.42. The zero-order valence-electron chi connectivity index (χ0n) is 14.9. The van der Waals surface area contributed by atoms with Gasteiger partial charge in [0.1, 0.15) is 17.5 Å². The minimum absolute atomic E-state index is 0.175. The summed E-state index contributed by atoms with van der Waals surface area (Å²) < 4.78 is 10.4. The first-order valence-corrected chi connectivity index (χ1v) is 8.30. The van der Waals surface area contributed by atoms with E-state index in [2.05, 4.69) is 5.32 Å². The molecule has 0 unspecified atom stereocenters. The summed E-state index contributed by atoms with van der Waals surface area (Å²) in [6, 6.07) is 13.7. The van der Waals surface area contributed by atoms with Gasteiger partial charge in [0.25, 0.3) is 0 Å². The highest BCUT2D eigenvalue weighted by Crippen LogP contribution is 2.23. The first kappa shape index (κ1) is 19.3. The predicted molar refractivity (Wildman–Crippen MR) is 97.6 cm³/mol. The molecule has 0 bridgehead atoms. The van der Waals surface area contributed by atoms with E-state index in [1.165, 1.54) is 0 Å². The zero-order chi connectivity index (χ0) is 18.9. The predicted octanol–water partition coefficient (Wildman–Crippen LogP) is 2.45. The molecule has 2 aromatic carbocycles. The fourth-order valence-corrected chi connectivity index (χ4v) is 2.58. The van der Waals surface area contributed by atoms with E-state index in [4.69, 9.17) is 9.47 Å². The highest BCUT2D eigenvalue weighted by molar-refractivity contribution is 5.83. The molecule has 0 aliphatic heterocycles. The Kier molecular flexibility index (Phi) is 7.02. The summed E-state index contributed by atoms with van der Waals surface area (Å²) in [5.41, 5.74) is 1.74. The number of carbonyl (C=O) groups is 2. The summed E-state index contributed by atoms with van der Waals surface area (Å²) in [6.45, 7) is 0. The molecule has 26 heavy (non-hydrogen) atoms. The monoisotopic (exact) mass is 357 g/mol. The molecule has 0 radical (unpaired) electrons. The Bertz CT molecular complexity index is 723. The van der Waals surface area contributed by atoms with Crippen LogP contribution in [0.15, 0.2) is 48.5 Å². The van der Waals surface area contributed by atoms with Gasteiger partial charge in [-0.1, -0.05) is 30.3 Å². The second-order valence-corrected chi connectivity index (χ2v) is 5.87. The maximum atomic E-state index is 12.2. The third-order valence-electron chi connectivity index (χ3n) is 3.97. The molecule has 1 amide bonds. The molecule has 0 heterocycles. The summed E-state index contributed by atoms with van der Waals surface area (Å²) in [6.07, 6.45) is 0.876. The number of rotatable bonds is 9. The van der Waals surface area contributed by atoms with Gasteiger partial charge in [-0.2, -0.15) is 0 Å². The SMILES string of the molecule is COc1cc(CCC(=O)N[C@@H](Cc2ccccc2)C(=O)O)cc(OC)c1. The molecule has 6 heteroatoms. The molecule has 0 fully saturated rings. The number of carboxylic acid groups (broad SMARTS) is 1. The lowest BCUT2D eigenvalue weighted by Gasteiger charge is -2.15. The minimum Gasteiger partial charge on any atom is -0.497 e. The number of aliphatic carboxylic acids is 1. The van der Waals surface area contributed by atoms with E-state index in [0.717, 1.165) is 11.1 Å². The normalized spacial score (nSPS) is 11.5. The summed E-state index contributed by atoms with van der Waals surface area (Å²) in [4.78, 5) is 23.6. The van der Waals surface area contributed by atoms with Crippen molar-refractivity contribution >= 4 is 11.9 Å². The van der Waals surface area contributed by atoms with Crippen LogP contribution >= 0.6 is 0 Å². The zero-order valence-corrected chi connectivity index (χ0v) is 14.9. The van der Waals surface area contributed by atoms with Crippen LogP contribution < -0.4 is 14.8 Å². The van der Waals surface area contributed by atoms with Crippen LogP contribution in [-0.2, 0) is 22.4 Å². The molecule has 2 rings (SSSR count). The molecule has 2 N–H and O–H groups in total. The Morgan fingerprint density at radius 3 is 2.15 bits per heavy atom. The highest BCUT2D eigenvalue weighted by Gasteiger charge is 2.20. The van der Waals surface area contributed by atoms with E-state index >= 15 is 0 Å². The summed E-state index contributed by atoms with van der Waals surface area (Å²) in [5.74, 6) is -0.0696. The number of nitrogens with one attached hydrogen (secondary N) is 1. The summed E-state index contributed by atoms with van der Waals surface area (Å²) in [7, 11) is 3.12. The Balaban J connectivity index is 1.95. The summed E-state index contributed by atoms with van der Waals surface area (Å²) >= 11 is 0. The van der Waals surface area contributed by atoms with E-state index < -0.39 is 12.0 Å². The van der Waals surface area contributed by atoms with E-state index in [1.807, 2.05) is 42.5 Å². The van der Waals surface area contributed by atoms with Gasteiger partial charge < -0.3 is 19.9 Å². The largest absolute Gasteiger partial charge is 0.497 e. The molecule has 0 saturated heterocycles. The van der Waals surface area contributed by atoms with E-state index in [0.29, 0.717) is 17.9 Å². The fourth-order valence-electron chi connectivity index (χ4n) is 2.58. The molecular formula is C20H23NO5. The number of aryl methyl sites for hydroxylation is 1. The number of methoxy groups -OCH3 is 2. The van der Waals surface area contributed by atoms with Crippen molar-refractivity contribution in [3.8, 4) is 11.5 Å². The first-order chi connectivity index (χ1) is 12.5. The fraction of sp³-hybridized carbons (Fsp3) is 0.300. The summed E-state index contributed by atoms with van der Waals surface area (Å²) in [5, 5.41) is 11.9. The Labute approximate surface area is 152 Å². The number of ether oxygens (including phenoxy) is 2. The maximum Gasteiger partial charge on any atom is 0.326 e. The standard InChI is InChI=1S/C20H23NO5/c1-25-16-10-15(11-17(13-16)26-2)8-9-19(22)21-18(20(23)24)12-14-6-4-3-5-7-14/h3-7,10-11,13,18H,8-9,12H2,1-2H3,(H,21,22)(H,23,24)/t18-/m0/s1. The van der Waals surface area contributed by atoms with Crippen LogP contribution in [0.1, 0.15) is 17.5 Å². The molecule has 1 atom stereocenters. The Hall–Kier alpha value is -3.02. The molecule has 2 aromatic rings. The van der Waals surface area contributed by atoms with E-state index in [1.54, 1.807) is 20.3 Å². The van der Waals surface area contributed by atoms with Crippen LogP contribution in [0.3, 0.4) is 0 Å². The first-order valence-electron chi connectivity index (χ1n) is 8.30. The van der Waals surface area contributed by atoms with Gasteiger partial charge in [0, 0.05) is 18.9 Å². The van der Waals surface area contributed by atoms with Crippen molar-refractivity contribution in [2.24, 2.45) is 0 Å². The molecule has 0 spiro atoms. The lowest BCUT2D eigenvalue weighted by molar-refractivity contribution is -0.141. The number of hydrogen-bond donors (Lipinski definition) is 2. The average Bonchev–Trinajstić information content (AvgIpc) is 2.66. The minimum atomic E-state index is -1.05. The second-order valence-electron chi connectivity index (χ2n) is 5.87. The van der Waals surface area contributed by atoms with Crippen molar-refractivity contribution in [1.29, 1.82) is 0 Å². The smallest absolute Gasteiger partial charge is 0.326 e. The second kappa shape index (κ2) is 9.46. The molecule has 0 aromatic heterocycles. The van der Waals surface area contributed by atoms with Crippen molar-refractivity contribution in [3.05, 3.63) is 59.7 Å². The number of benzene rings is 2. The number of amides is 1. The van der Waals surface area contributed by atoms with Crippen LogP contribution in [0.25, 0.3) is 0 Å². The van der Waals surface area contributed by atoms with Gasteiger partial charge in [-0.15, -0.1) is 0 Å². The molecule has 6 nitrogen and oxygen atoms in total. The van der Waals surface area contributed by atoms with E-state index in [9.17, 15) is 14.7 Å². The number of carboxylic acids is 1. The van der Waals surface area contributed by atoms with Crippen molar-refractivity contribution in [2.75, 3.05) is 14.2 Å². The number of hydrogen-bond acceptors (Lipinski definition) is 4. The number of carbonyl (C=O) groups excluding carboxylic acids is 1. The van der Waals surface area contributed by atoms with Crippen LogP contribution in [0.5, 0.6) is 11.5 Å². The van der Waals surface area contributed by atoms with Gasteiger partial charge in [-0.25, -0.2) is 4.79 Å². The average molecular weight is 357 g/mol. The molecule has 138 valence electrons. The third-order valence-corrected chi connectivity index (χ3v) is 3.97. The highest BCUT2D eigenvalue weighted by atomic mass is 16.5. The molecule has 0 aliphatic carbocycles. The third kappa shape index (κ3) is 5.81. The van der Waals surface area contributed by atoms with Crippen molar-refractivity contribution < 1.29 is 24.2 Å². The van der Waals surface area contributed by atoms with Gasteiger partial charge >= 0.3 is 5.97 Å². The van der Waals surface area contributed by atoms with Gasteiger partial charge in [0.2, 0.25) is 5.91 Å². The van der Waals surface area contributed by atoms with Crippen LogP contribution in [0, 0.1) is 0 Å². The van der Waals surface area contributed by atoms with Crippen LogP contribution in [0.4, 0.5) is 0 Å². The quantitative estimate of drug-likeness (QED) is 0.720. The van der Waals surface area contributed by atoms with E-state index in [-0.39, 0.29) is 18.7 Å². The Morgan fingerprint density at radius 1 is 1.00 bits per heavy atom. The molecule has 0 saturated carbocycles. The van der Waals surface area contributed by atoms with Gasteiger partial charge in [0.05, 0.1) is 14.2 Å². The van der Waals surface area contributed by atoms with Crippen LogP contribution in [-0.4, -0.2) is 37.2 Å².